The van der Waals surface area contributed by atoms with Gasteiger partial charge in [-0.2, -0.15) is 0 Å². The molecule has 0 saturated heterocycles. The molecule has 74 valence electrons. The summed E-state index contributed by atoms with van der Waals surface area (Å²) < 4.78 is 0. The van der Waals surface area contributed by atoms with E-state index in [2.05, 4.69) is 4.98 Å². The van der Waals surface area contributed by atoms with Crippen LogP contribution >= 0.6 is 11.3 Å². The van der Waals surface area contributed by atoms with Crippen LogP contribution in [0, 0.1) is 0 Å². The van der Waals surface area contributed by atoms with Gasteiger partial charge in [-0.3, -0.25) is 9.78 Å². The first-order valence-electron chi connectivity index (χ1n) is 4.64. The van der Waals surface area contributed by atoms with E-state index in [1.807, 2.05) is 23.6 Å². The molecule has 0 aromatic carbocycles. The van der Waals surface area contributed by atoms with Crippen molar-refractivity contribution in [2.75, 3.05) is 4.90 Å². The Morgan fingerprint density at radius 2 is 2.33 bits per heavy atom. The molecule has 0 aliphatic carbocycles. The highest BCUT2D eigenvalue weighted by molar-refractivity contribution is 7.10. The van der Waals surface area contributed by atoms with Gasteiger partial charge in [-0.05, 0) is 23.6 Å². The number of fused-ring (bicyclic) bond motifs is 1. The number of amides is 1. The van der Waals surface area contributed by atoms with E-state index in [1.54, 1.807) is 28.6 Å². The second-order valence-electron chi connectivity index (χ2n) is 3.36. The topological polar surface area (TPSA) is 33.2 Å². The molecule has 3 heterocycles. The molecule has 0 saturated carbocycles. The fourth-order valence-electron chi connectivity index (χ4n) is 1.74. The van der Waals surface area contributed by atoms with Gasteiger partial charge in [0, 0.05) is 11.1 Å². The summed E-state index contributed by atoms with van der Waals surface area (Å²) in [4.78, 5) is 18.9. The number of anilines is 1. The van der Waals surface area contributed by atoms with Crippen LogP contribution in [0.5, 0.6) is 0 Å². The quantitative estimate of drug-likeness (QED) is 0.732. The maximum atomic E-state index is 12.0. The number of thiophene rings is 1. The van der Waals surface area contributed by atoms with E-state index in [4.69, 9.17) is 0 Å². The molecule has 4 heteroatoms. The first-order chi connectivity index (χ1) is 7.36. The molecule has 1 aliphatic heterocycles. The van der Waals surface area contributed by atoms with Gasteiger partial charge in [0.2, 0.25) is 0 Å². The van der Waals surface area contributed by atoms with Crippen molar-refractivity contribution in [2.45, 2.75) is 6.54 Å². The van der Waals surface area contributed by atoms with E-state index in [0.29, 0.717) is 6.54 Å². The number of rotatable bonds is 1. The van der Waals surface area contributed by atoms with Gasteiger partial charge in [-0.15, -0.1) is 11.3 Å². The highest BCUT2D eigenvalue weighted by Crippen LogP contribution is 2.30. The van der Waals surface area contributed by atoms with E-state index in [1.165, 1.54) is 0 Å². The van der Waals surface area contributed by atoms with Gasteiger partial charge in [0.05, 0.1) is 24.0 Å². The van der Waals surface area contributed by atoms with Crippen LogP contribution in [0.1, 0.15) is 15.2 Å². The Bertz CT molecular complexity index is 506. The normalized spacial score (nSPS) is 14.4. The minimum atomic E-state index is 0.0826. The van der Waals surface area contributed by atoms with Crippen molar-refractivity contribution < 1.29 is 4.79 Å². The van der Waals surface area contributed by atoms with Gasteiger partial charge in [-0.1, -0.05) is 0 Å². The Morgan fingerprint density at radius 1 is 1.40 bits per heavy atom. The molecule has 0 N–H and O–H groups in total. The average molecular weight is 216 g/mol. The second-order valence-corrected chi connectivity index (χ2v) is 4.36. The Labute approximate surface area is 91.0 Å². The SMILES string of the molecule is O=C1c2ccsc2CN1c1cccnc1. The summed E-state index contributed by atoms with van der Waals surface area (Å²) in [5.74, 6) is 0.0826. The molecule has 3 rings (SSSR count). The lowest BCUT2D eigenvalue weighted by molar-refractivity contribution is 0.0996. The van der Waals surface area contributed by atoms with Crippen LogP contribution in [-0.4, -0.2) is 10.9 Å². The Morgan fingerprint density at radius 3 is 3.07 bits per heavy atom. The lowest BCUT2D eigenvalue weighted by Crippen LogP contribution is -2.23. The highest BCUT2D eigenvalue weighted by atomic mass is 32.1. The molecule has 0 bridgehead atoms. The third-order valence-corrected chi connectivity index (χ3v) is 3.39. The molecule has 0 unspecified atom stereocenters. The number of nitrogens with zero attached hydrogens (tertiary/aromatic N) is 2. The van der Waals surface area contributed by atoms with Gasteiger partial charge in [0.1, 0.15) is 0 Å². The molecule has 0 atom stereocenters. The third-order valence-electron chi connectivity index (χ3n) is 2.48. The molecule has 3 nitrogen and oxygen atoms in total. The standard InChI is InChI=1S/C11H8N2OS/c14-11-9-3-5-15-10(9)7-13(11)8-2-1-4-12-6-8/h1-6H,7H2. The van der Waals surface area contributed by atoms with Crippen LogP contribution in [0.25, 0.3) is 0 Å². The predicted molar refractivity (Wildman–Crippen MR) is 59.1 cm³/mol. The summed E-state index contributed by atoms with van der Waals surface area (Å²) >= 11 is 1.63. The van der Waals surface area contributed by atoms with Crippen molar-refractivity contribution in [3.8, 4) is 0 Å². The minimum absolute atomic E-state index is 0.0826. The maximum Gasteiger partial charge on any atom is 0.259 e. The largest absolute Gasteiger partial charge is 0.302 e. The summed E-state index contributed by atoms with van der Waals surface area (Å²) in [7, 11) is 0. The zero-order valence-corrected chi connectivity index (χ0v) is 8.70. The fraction of sp³-hybridized carbons (Fsp3) is 0.0909. The summed E-state index contributed by atoms with van der Waals surface area (Å²) in [6.07, 6.45) is 3.42. The van der Waals surface area contributed by atoms with Gasteiger partial charge < -0.3 is 4.90 Å². The van der Waals surface area contributed by atoms with Crippen molar-refractivity contribution in [2.24, 2.45) is 0 Å². The Hall–Kier alpha value is -1.68. The molecule has 0 spiro atoms. The zero-order valence-electron chi connectivity index (χ0n) is 7.88. The Kier molecular flexibility index (Phi) is 1.82. The fourth-order valence-corrected chi connectivity index (χ4v) is 2.59. The minimum Gasteiger partial charge on any atom is -0.302 e. The smallest absolute Gasteiger partial charge is 0.259 e. The van der Waals surface area contributed by atoms with E-state index < -0.39 is 0 Å². The monoisotopic (exact) mass is 216 g/mol. The van der Waals surface area contributed by atoms with Crippen LogP contribution in [-0.2, 0) is 6.54 Å². The van der Waals surface area contributed by atoms with Crippen molar-refractivity contribution in [1.82, 2.24) is 4.98 Å². The highest BCUT2D eigenvalue weighted by Gasteiger charge is 2.29. The first kappa shape index (κ1) is 8.61. The van der Waals surface area contributed by atoms with Crippen molar-refractivity contribution >= 4 is 22.9 Å². The number of hydrogen-bond donors (Lipinski definition) is 0. The van der Waals surface area contributed by atoms with Gasteiger partial charge in [0.25, 0.3) is 5.91 Å². The van der Waals surface area contributed by atoms with E-state index >= 15 is 0 Å². The van der Waals surface area contributed by atoms with Crippen LogP contribution in [0.2, 0.25) is 0 Å². The van der Waals surface area contributed by atoms with Crippen molar-refractivity contribution in [3.63, 3.8) is 0 Å². The van der Waals surface area contributed by atoms with Gasteiger partial charge in [-0.25, -0.2) is 0 Å². The number of hydrogen-bond acceptors (Lipinski definition) is 3. The summed E-state index contributed by atoms with van der Waals surface area (Å²) in [5.41, 5.74) is 1.70. The molecule has 1 amide bonds. The molecule has 1 aliphatic rings. The van der Waals surface area contributed by atoms with Crippen LogP contribution in [0.4, 0.5) is 5.69 Å². The number of carbonyl (C=O) groups excluding carboxylic acids is 1. The van der Waals surface area contributed by atoms with Crippen LogP contribution in [0.15, 0.2) is 36.0 Å². The maximum absolute atomic E-state index is 12.0. The summed E-state index contributed by atoms with van der Waals surface area (Å²) in [6.45, 7) is 0.678. The third kappa shape index (κ3) is 1.26. The zero-order chi connectivity index (χ0) is 10.3. The number of pyridine rings is 1. The van der Waals surface area contributed by atoms with E-state index in [9.17, 15) is 4.79 Å². The van der Waals surface area contributed by atoms with Crippen molar-refractivity contribution in [3.05, 3.63) is 46.4 Å². The molecule has 0 fully saturated rings. The van der Waals surface area contributed by atoms with Crippen LogP contribution < -0.4 is 4.90 Å². The van der Waals surface area contributed by atoms with Crippen LogP contribution in [0.3, 0.4) is 0 Å². The Balaban J connectivity index is 2.00. The molecule has 0 radical (unpaired) electrons. The average Bonchev–Trinajstić information content (AvgIpc) is 2.83. The van der Waals surface area contributed by atoms with Crippen molar-refractivity contribution in [1.29, 1.82) is 0 Å². The lowest BCUT2D eigenvalue weighted by Gasteiger charge is -2.14. The predicted octanol–water partition coefficient (Wildman–Crippen LogP) is 2.30. The summed E-state index contributed by atoms with van der Waals surface area (Å²) in [6, 6.07) is 5.63. The molecule has 2 aromatic heterocycles. The molecular formula is C11H8N2OS. The van der Waals surface area contributed by atoms with Gasteiger partial charge >= 0.3 is 0 Å². The summed E-state index contributed by atoms with van der Waals surface area (Å²) in [5, 5.41) is 1.96. The molecular weight excluding hydrogens is 208 g/mol. The molecule has 15 heavy (non-hydrogen) atoms. The first-order valence-corrected chi connectivity index (χ1v) is 5.52. The molecule has 2 aromatic rings. The van der Waals surface area contributed by atoms with E-state index in [0.717, 1.165) is 16.1 Å². The van der Waals surface area contributed by atoms with Gasteiger partial charge in [0.15, 0.2) is 0 Å². The number of carbonyl (C=O) groups is 1. The second kappa shape index (κ2) is 3.17. The van der Waals surface area contributed by atoms with E-state index in [-0.39, 0.29) is 5.91 Å². The number of aromatic nitrogens is 1. The lowest BCUT2D eigenvalue weighted by atomic mass is 10.3.